The van der Waals surface area contributed by atoms with Gasteiger partial charge in [0.15, 0.2) is 0 Å². The topological polar surface area (TPSA) is 12.0 Å². The van der Waals surface area contributed by atoms with Crippen LogP contribution < -0.4 is 5.32 Å². The van der Waals surface area contributed by atoms with Gasteiger partial charge in [0.2, 0.25) is 0 Å². The second-order valence-electron chi connectivity index (χ2n) is 4.67. The Kier molecular flexibility index (Phi) is 3.27. The number of benzene rings is 2. The summed E-state index contributed by atoms with van der Waals surface area (Å²) in [5, 5.41) is 3.16. The van der Waals surface area contributed by atoms with Crippen LogP contribution in [0.2, 0.25) is 0 Å². The number of anilines is 1. The predicted molar refractivity (Wildman–Crippen MR) is 75.2 cm³/mol. The summed E-state index contributed by atoms with van der Waals surface area (Å²) in [5.41, 5.74) is 2.79. The lowest BCUT2D eigenvalue weighted by atomic mass is 10.1. The number of rotatable bonds is 2. The molecule has 2 aromatic rings. The Labute approximate surface area is 118 Å². The van der Waals surface area contributed by atoms with Gasteiger partial charge < -0.3 is 5.32 Å². The molecule has 2 aromatic carbocycles. The molecule has 1 aliphatic carbocycles. The first-order valence-electron chi connectivity index (χ1n) is 6.14. The minimum atomic E-state index is -0.558. The van der Waals surface area contributed by atoms with E-state index in [1.807, 2.05) is 18.2 Å². The van der Waals surface area contributed by atoms with Crippen LogP contribution in [0, 0.1) is 11.6 Å². The maximum atomic E-state index is 13.6. The van der Waals surface area contributed by atoms with Crippen LogP contribution in [0.15, 0.2) is 40.9 Å². The van der Waals surface area contributed by atoms with Crippen LogP contribution in [0.3, 0.4) is 0 Å². The molecule has 0 saturated carbocycles. The van der Waals surface area contributed by atoms with Crippen molar-refractivity contribution in [1.29, 1.82) is 0 Å². The molecule has 0 amide bonds. The molecule has 1 N–H and O–H groups in total. The number of hydrogen-bond acceptors (Lipinski definition) is 1. The van der Waals surface area contributed by atoms with Crippen molar-refractivity contribution in [2.45, 2.75) is 18.9 Å². The molecule has 0 spiro atoms. The Balaban J connectivity index is 1.89. The summed E-state index contributed by atoms with van der Waals surface area (Å²) in [6, 6.07) is 9.73. The number of nitrogens with one attached hydrogen (secondary N) is 1. The van der Waals surface area contributed by atoms with Crippen molar-refractivity contribution in [2.24, 2.45) is 0 Å². The molecule has 0 aliphatic heterocycles. The molecule has 0 fully saturated rings. The third kappa shape index (κ3) is 2.37. The highest BCUT2D eigenvalue weighted by atomic mass is 79.9. The van der Waals surface area contributed by atoms with Gasteiger partial charge in [-0.1, -0.05) is 28.1 Å². The van der Waals surface area contributed by atoms with Crippen LogP contribution in [0.25, 0.3) is 0 Å². The molecule has 98 valence electrons. The number of halogens is 3. The van der Waals surface area contributed by atoms with E-state index in [9.17, 15) is 8.78 Å². The summed E-state index contributed by atoms with van der Waals surface area (Å²) in [6.45, 7) is 0. The van der Waals surface area contributed by atoms with Crippen molar-refractivity contribution in [2.75, 3.05) is 5.32 Å². The molecule has 4 heteroatoms. The highest BCUT2D eigenvalue weighted by molar-refractivity contribution is 9.10. The van der Waals surface area contributed by atoms with Gasteiger partial charge in [0.25, 0.3) is 0 Å². The molecule has 0 bridgehead atoms. The molecule has 0 radical (unpaired) electrons. The van der Waals surface area contributed by atoms with Gasteiger partial charge in [-0.2, -0.15) is 0 Å². The van der Waals surface area contributed by atoms with Gasteiger partial charge in [0, 0.05) is 10.5 Å². The smallest absolute Gasteiger partial charge is 0.149 e. The van der Waals surface area contributed by atoms with Crippen LogP contribution in [0.4, 0.5) is 14.5 Å². The maximum absolute atomic E-state index is 13.6. The first-order chi connectivity index (χ1) is 9.15. The lowest BCUT2D eigenvalue weighted by Gasteiger charge is -2.16. The predicted octanol–water partition coefficient (Wildman–Crippen LogP) is 4.83. The highest BCUT2D eigenvalue weighted by Gasteiger charge is 2.24. The van der Waals surface area contributed by atoms with Crippen molar-refractivity contribution in [3.63, 3.8) is 0 Å². The molecule has 1 nitrogen and oxygen atoms in total. The Morgan fingerprint density at radius 3 is 2.79 bits per heavy atom. The van der Waals surface area contributed by atoms with Gasteiger partial charge >= 0.3 is 0 Å². The lowest BCUT2D eigenvalue weighted by Crippen LogP contribution is -2.08. The third-order valence-corrected chi connectivity index (χ3v) is 4.22. The largest absolute Gasteiger partial charge is 0.376 e. The SMILES string of the molecule is Fc1ccc(NC2CCc3c(Br)cccc32)c(F)c1. The molecular formula is C15H12BrF2N. The normalized spacial score (nSPS) is 17.3. The summed E-state index contributed by atoms with van der Waals surface area (Å²) < 4.78 is 27.6. The molecule has 0 saturated heterocycles. The van der Waals surface area contributed by atoms with Crippen LogP contribution in [0.5, 0.6) is 0 Å². The molecule has 19 heavy (non-hydrogen) atoms. The minimum Gasteiger partial charge on any atom is -0.376 e. The lowest BCUT2D eigenvalue weighted by molar-refractivity contribution is 0.582. The van der Waals surface area contributed by atoms with E-state index >= 15 is 0 Å². The second-order valence-corrected chi connectivity index (χ2v) is 5.52. The van der Waals surface area contributed by atoms with E-state index in [1.54, 1.807) is 0 Å². The van der Waals surface area contributed by atoms with Gasteiger partial charge in [-0.05, 0) is 42.2 Å². The Morgan fingerprint density at radius 1 is 1.16 bits per heavy atom. The minimum absolute atomic E-state index is 0.0764. The summed E-state index contributed by atoms with van der Waals surface area (Å²) in [5.74, 6) is -1.11. The summed E-state index contributed by atoms with van der Waals surface area (Å²) >= 11 is 3.53. The van der Waals surface area contributed by atoms with Crippen molar-refractivity contribution in [1.82, 2.24) is 0 Å². The van der Waals surface area contributed by atoms with Crippen LogP contribution >= 0.6 is 15.9 Å². The standard InChI is InChI=1S/C15H12BrF2N/c16-12-3-1-2-11-10(12)5-7-14(11)19-15-6-4-9(17)8-13(15)18/h1-4,6,8,14,19H,5,7H2. The van der Waals surface area contributed by atoms with Gasteiger partial charge in [-0.3, -0.25) is 0 Å². The van der Waals surface area contributed by atoms with Crippen molar-refractivity contribution >= 4 is 21.6 Å². The molecule has 1 aliphatic rings. The van der Waals surface area contributed by atoms with Crippen LogP contribution in [-0.4, -0.2) is 0 Å². The molecule has 0 aromatic heterocycles. The van der Waals surface area contributed by atoms with E-state index in [4.69, 9.17) is 0 Å². The fourth-order valence-electron chi connectivity index (χ4n) is 2.55. The second kappa shape index (κ2) is 4.93. The first-order valence-corrected chi connectivity index (χ1v) is 6.93. The fourth-order valence-corrected chi connectivity index (χ4v) is 3.13. The highest BCUT2D eigenvalue weighted by Crippen LogP contribution is 2.37. The van der Waals surface area contributed by atoms with Gasteiger partial charge in [-0.25, -0.2) is 8.78 Å². The summed E-state index contributed by atoms with van der Waals surface area (Å²) in [7, 11) is 0. The van der Waals surface area contributed by atoms with E-state index in [-0.39, 0.29) is 6.04 Å². The summed E-state index contributed by atoms with van der Waals surface area (Å²) in [6.07, 6.45) is 1.87. The number of hydrogen-bond donors (Lipinski definition) is 1. The molecule has 1 atom stereocenters. The Morgan fingerprint density at radius 2 is 2.00 bits per heavy atom. The average Bonchev–Trinajstić information content (AvgIpc) is 2.78. The fraction of sp³-hybridized carbons (Fsp3) is 0.200. The zero-order valence-corrected chi connectivity index (χ0v) is 11.7. The zero-order chi connectivity index (χ0) is 13.4. The molecular weight excluding hydrogens is 312 g/mol. The van der Waals surface area contributed by atoms with Crippen molar-refractivity contribution in [3.8, 4) is 0 Å². The van der Waals surface area contributed by atoms with Gasteiger partial charge in [-0.15, -0.1) is 0 Å². The van der Waals surface area contributed by atoms with E-state index in [2.05, 4.69) is 21.2 Å². The molecule has 3 rings (SSSR count). The maximum Gasteiger partial charge on any atom is 0.149 e. The zero-order valence-electron chi connectivity index (χ0n) is 10.1. The van der Waals surface area contributed by atoms with Crippen LogP contribution in [-0.2, 0) is 6.42 Å². The Hall–Kier alpha value is -1.42. The first kappa shape index (κ1) is 12.6. The van der Waals surface area contributed by atoms with Gasteiger partial charge in [0.1, 0.15) is 11.6 Å². The van der Waals surface area contributed by atoms with Crippen molar-refractivity contribution < 1.29 is 8.78 Å². The van der Waals surface area contributed by atoms with E-state index in [0.717, 1.165) is 23.4 Å². The molecule has 0 heterocycles. The van der Waals surface area contributed by atoms with E-state index < -0.39 is 11.6 Å². The van der Waals surface area contributed by atoms with Crippen LogP contribution in [0.1, 0.15) is 23.6 Å². The van der Waals surface area contributed by atoms with Crippen molar-refractivity contribution in [3.05, 3.63) is 63.6 Å². The summed E-state index contributed by atoms with van der Waals surface area (Å²) in [4.78, 5) is 0. The number of fused-ring (bicyclic) bond motifs is 1. The Bertz CT molecular complexity index is 628. The van der Waals surface area contributed by atoms with Gasteiger partial charge in [0.05, 0.1) is 11.7 Å². The quantitative estimate of drug-likeness (QED) is 0.834. The third-order valence-electron chi connectivity index (χ3n) is 3.47. The molecule has 1 unspecified atom stereocenters. The van der Waals surface area contributed by atoms with E-state index in [0.29, 0.717) is 5.69 Å². The van der Waals surface area contributed by atoms with E-state index in [1.165, 1.54) is 23.3 Å². The monoisotopic (exact) mass is 323 g/mol. The average molecular weight is 324 g/mol.